The molecule has 1 saturated heterocycles. The van der Waals surface area contributed by atoms with Gasteiger partial charge in [-0.15, -0.1) is 0 Å². The highest BCUT2D eigenvalue weighted by Crippen LogP contribution is 2.78. The normalized spacial score (nSPS) is 45.9. The Morgan fingerprint density at radius 2 is 1.81 bits per heavy atom. The Morgan fingerprint density at radius 3 is 2.50 bits per heavy atom. The van der Waals surface area contributed by atoms with Crippen LogP contribution in [0, 0.1) is 33.5 Å². The molecule has 2 heterocycles. The largest absolute Gasteiger partial charge is 0.461 e. The van der Waals surface area contributed by atoms with Crippen LogP contribution in [0.1, 0.15) is 82.2 Å². The Morgan fingerprint density at radius 1 is 1.07 bits per heavy atom. The number of fused-ring (bicyclic) bond motifs is 1. The number of hydrogen-bond acceptors (Lipinski definition) is 7. The summed E-state index contributed by atoms with van der Waals surface area (Å²) in [5.41, 5.74) is -2.28. The van der Waals surface area contributed by atoms with E-state index in [0.29, 0.717) is 31.6 Å². The zero-order valence-electron chi connectivity index (χ0n) is 25.0. The number of furan rings is 1. The van der Waals surface area contributed by atoms with E-state index in [-0.39, 0.29) is 42.2 Å². The number of carbonyl (C=O) groups excluding carboxylic acids is 1. The van der Waals surface area contributed by atoms with Crippen molar-refractivity contribution in [2.24, 2.45) is 33.5 Å². The van der Waals surface area contributed by atoms with Crippen LogP contribution < -0.4 is 0 Å². The summed E-state index contributed by atoms with van der Waals surface area (Å²) in [7, 11) is -3.59. The number of sulfonamides is 1. The van der Waals surface area contributed by atoms with E-state index in [2.05, 4.69) is 32.1 Å². The number of allylic oxidation sites excluding steroid dienone is 4. The SMILES string of the molecule is C[C@]12CC[C@H]3[C@]4(C=C[C@@]5(C=C4C(=O)c4ccco4)CC(O)CC[C@]35C)[C@@H]1CC[C@@]2(O)CN(C[C@H]1CCCO1)S(C)(=O)=O. The second kappa shape index (κ2) is 9.36. The highest BCUT2D eigenvalue weighted by atomic mass is 32.2. The first-order valence-corrected chi connectivity index (χ1v) is 17.6. The molecular weight excluding hydrogens is 554 g/mol. The summed E-state index contributed by atoms with van der Waals surface area (Å²) in [6.45, 7) is 5.40. The van der Waals surface area contributed by atoms with Crippen LogP contribution in [-0.4, -0.2) is 72.5 Å². The molecule has 1 aromatic rings. The smallest absolute Gasteiger partial charge is 0.224 e. The molecule has 9 heteroatoms. The summed E-state index contributed by atoms with van der Waals surface area (Å²) in [6, 6.07) is 3.45. The van der Waals surface area contributed by atoms with Gasteiger partial charge in [0.1, 0.15) is 0 Å². The van der Waals surface area contributed by atoms with E-state index in [4.69, 9.17) is 9.15 Å². The molecule has 4 fully saturated rings. The van der Waals surface area contributed by atoms with Crippen LogP contribution in [-0.2, 0) is 14.8 Å². The van der Waals surface area contributed by atoms with Crippen LogP contribution in [0.15, 0.2) is 46.6 Å². The van der Waals surface area contributed by atoms with Crippen molar-refractivity contribution in [3.8, 4) is 0 Å². The van der Waals surface area contributed by atoms with Crippen LogP contribution in [0.5, 0.6) is 0 Å². The number of ether oxygens (including phenoxy) is 1. The lowest BCUT2D eigenvalue weighted by Crippen LogP contribution is -2.67. The first-order chi connectivity index (χ1) is 19.8. The van der Waals surface area contributed by atoms with Crippen molar-refractivity contribution in [1.82, 2.24) is 4.31 Å². The van der Waals surface area contributed by atoms with Gasteiger partial charge in [-0.3, -0.25) is 4.79 Å². The van der Waals surface area contributed by atoms with Gasteiger partial charge in [0.2, 0.25) is 15.8 Å². The first kappa shape index (κ1) is 29.0. The highest BCUT2D eigenvalue weighted by Gasteiger charge is 2.74. The molecule has 9 atom stereocenters. The molecular formula is C33H45NO7S. The molecule has 2 N–H and O–H groups in total. The molecule has 0 radical (unpaired) electrons. The van der Waals surface area contributed by atoms with Crippen LogP contribution in [0.25, 0.3) is 0 Å². The number of aliphatic hydroxyl groups is 2. The Hall–Kier alpha value is -1.78. The Balaban J connectivity index is 1.32. The molecule has 2 spiro atoms. The lowest BCUT2D eigenvalue weighted by molar-refractivity contribution is -0.174. The van der Waals surface area contributed by atoms with E-state index < -0.39 is 38.0 Å². The van der Waals surface area contributed by atoms with E-state index in [1.165, 1.54) is 16.8 Å². The molecule has 0 aromatic carbocycles. The Bertz CT molecular complexity index is 1430. The quantitative estimate of drug-likeness (QED) is 0.350. The molecule has 8 nitrogen and oxygen atoms in total. The number of rotatable bonds is 7. The van der Waals surface area contributed by atoms with Crippen LogP contribution >= 0.6 is 0 Å². The third kappa shape index (κ3) is 3.79. The van der Waals surface area contributed by atoms with Gasteiger partial charge in [-0.1, -0.05) is 32.1 Å². The van der Waals surface area contributed by atoms with E-state index in [9.17, 15) is 23.4 Å². The summed E-state index contributed by atoms with van der Waals surface area (Å²) < 4.78 is 38.9. The van der Waals surface area contributed by atoms with Crippen molar-refractivity contribution in [1.29, 1.82) is 0 Å². The summed E-state index contributed by atoms with van der Waals surface area (Å²) in [5, 5.41) is 23.4. The molecule has 3 saturated carbocycles. The number of carbonyl (C=O) groups is 1. The van der Waals surface area contributed by atoms with E-state index in [1.54, 1.807) is 12.1 Å². The van der Waals surface area contributed by atoms with Gasteiger partial charge in [0.05, 0.1) is 30.3 Å². The maximum Gasteiger partial charge on any atom is 0.224 e. The van der Waals surface area contributed by atoms with Crippen molar-refractivity contribution in [3.05, 3.63) is 48.0 Å². The van der Waals surface area contributed by atoms with Gasteiger partial charge in [-0.05, 0) is 87.2 Å². The standard InChI is InChI=1S/C33H45NO7S/c1-29-11-8-22(35)18-31(29)14-15-33(24(19-31)28(36)25-7-5-17-41-25)26(29)9-12-30(2)27(33)10-13-32(30,37)21-34(42(3,38)39)20-23-6-4-16-40-23/h5,7,14-15,17,19,22-23,26-27,35,37H,4,6,8-13,16,18,20-21H2,1-3H3/t22?,23-,26-,27-,29-,30+,31+,32-,33-/m1/s1. The number of hydrogen-bond donors (Lipinski definition) is 2. The van der Waals surface area contributed by atoms with Gasteiger partial charge in [0.25, 0.3) is 0 Å². The molecule has 230 valence electrons. The zero-order chi connectivity index (χ0) is 29.8. The first-order valence-electron chi connectivity index (χ1n) is 15.8. The maximum absolute atomic E-state index is 14.3. The summed E-state index contributed by atoms with van der Waals surface area (Å²) in [4.78, 5) is 14.3. The summed E-state index contributed by atoms with van der Waals surface area (Å²) >= 11 is 0. The summed E-state index contributed by atoms with van der Waals surface area (Å²) in [5.74, 6) is 0.304. The van der Waals surface area contributed by atoms with Gasteiger partial charge in [0.15, 0.2) is 5.76 Å². The lowest BCUT2D eigenvalue weighted by atomic mass is 9.32. The fourth-order valence-corrected chi connectivity index (χ4v) is 11.6. The molecule has 42 heavy (non-hydrogen) atoms. The van der Waals surface area contributed by atoms with Crippen LogP contribution in [0.3, 0.4) is 0 Å². The molecule has 1 aromatic heterocycles. The van der Waals surface area contributed by atoms with E-state index >= 15 is 0 Å². The van der Waals surface area contributed by atoms with Crippen molar-refractivity contribution in [2.45, 2.75) is 89.4 Å². The number of aliphatic hydroxyl groups excluding tert-OH is 1. The van der Waals surface area contributed by atoms with E-state index in [1.807, 2.05) is 0 Å². The third-order valence-corrected chi connectivity index (χ3v) is 14.3. The second-order valence-electron chi connectivity index (χ2n) is 14.8. The highest BCUT2D eigenvalue weighted by molar-refractivity contribution is 7.88. The summed E-state index contributed by atoms with van der Waals surface area (Å²) in [6.07, 6.45) is 15.6. The molecule has 7 aliphatic rings. The Kier molecular flexibility index (Phi) is 6.46. The second-order valence-corrected chi connectivity index (χ2v) is 16.8. The monoisotopic (exact) mass is 599 g/mol. The number of nitrogens with zero attached hydrogens (tertiary/aromatic N) is 1. The van der Waals surface area contributed by atoms with Crippen LogP contribution in [0.4, 0.5) is 0 Å². The van der Waals surface area contributed by atoms with Gasteiger partial charge < -0.3 is 19.4 Å². The van der Waals surface area contributed by atoms with Gasteiger partial charge in [0, 0.05) is 41.5 Å². The van der Waals surface area contributed by atoms with Gasteiger partial charge in [-0.2, -0.15) is 4.31 Å². The topological polar surface area (TPSA) is 117 Å². The van der Waals surface area contributed by atoms with Crippen molar-refractivity contribution < 1.29 is 32.6 Å². The number of ketones is 1. The molecule has 8 rings (SSSR count). The predicted molar refractivity (Wildman–Crippen MR) is 157 cm³/mol. The average molecular weight is 600 g/mol. The minimum Gasteiger partial charge on any atom is -0.461 e. The van der Waals surface area contributed by atoms with Gasteiger partial charge >= 0.3 is 0 Å². The molecule has 6 aliphatic carbocycles. The molecule has 1 unspecified atom stereocenters. The maximum atomic E-state index is 14.3. The fourth-order valence-electron chi connectivity index (χ4n) is 10.8. The fraction of sp³-hybridized carbons (Fsp3) is 0.727. The lowest BCUT2D eigenvalue weighted by Gasteiger charge is -2.71. The van der Waals surface area contributed by atoms with Crippen molar-refractivity contribution >= 4 is 15.8 Å². The molecule has 0 amide bonds. The average Bonchev–Trinajstić information content (AvgIpc) is 3.69. The minimum atomic E-state index is -3.59. The zero-order valence-corrected chi connectivity index (χ0v) is 25.9. The van der Waals surface area contributed by atoms with Gasteiger partial charge in [-0.25, -0.2) is 8.42 Å². The predicted octanol–water partition coefficient (Wildman–Crippen LogP) is 4.49. The van der Waals surface area contributed by atoms with E-state index in [0.717, 1.165) is 44.1 Å². The van der Waals surface area contributed by atoms with Crippen LogP contribution in [0.2, 0.25) is 0 Å². The van der Waals surface area contributed by atoms with Crippen molar-refractivity contribution in [2.75, 3.05) is 26.0 Å². The number of Topliss-reactive ketones (excluding diaryl/α,β-unsaturated/α-hetero) is 1. The minimum absolute atomic E-state index is 0.0295. The molecule has 2 bridgehead atoms. The molecule has 1 aliphatic heterocycles. The third-order valence-electron chi connectivity index (χ3n) is 13.0. The Labute approximate surface area is 249 Å². The van der Waals surface area contributed by atoms with Crippen molar-refractivity contribution in [3.63, 3.8) is 0 Å².